The maximum absolute atomic E-state index is 12.1. The highest BCUT2D eigenvalue weighted by Crippen LogP contribution is 2.22. The van der Waals surface area contributed by atoms with Crippen molar-refractivity contribution in [3.8, 4) is 0 Å². The molecular formula is C16H14N2O4S2. The van der Waals surface area contributed by atoms with Crippen LogP contribution in [-0.4, -0.2) is 25.1 Å². The minimum absolute atomic E-state index is 0.148. The van der Waals surface area contributed by atoms with E-state index in [-0.39, 0.29) is 10.7 Å². The first-order chi connectivity index (χ1) is 11.4. The molecule has 0 N–H and O–H groups in total. The number of aromatic nitrogens is 1. The van der Waals surface area contributed by atoms with Gasteiger partial charge in [0.05, 0.1) is 21.4 Å². The molecule has 0 unspecified atom stereocenters. The van der Waals surface area contributed by atoms with Crippen LogP contribution in [0.25, 0.3) is 10.2 Å². The summed E-state index contributed by atoms with van der Waals surface area (Å²) in [5.41, 5.74) is 0.790. The Morgan fingerprint density at radius 3 is 2.83 bits per heavy atom. The quantitative estimate of drug-likeness (QED) is 0.668. The van der Waals surface area contributed by atoms with Gasteiger partial charge in [-0.1, -0.05) is 17.4 Å². The van der Waals surface area contributed by atoms with Gasteiger partial charge in [0.1, 0.15) is 0 Å². The molecule has 0 bridgehead atoms. The molecule has 0 aliphatic heterocycles. The monoisotopic (exact) mass is 362 g/mol. The van der Waals surface area contributed by atoms with Gasteiger partial charge in [0.15, 0.2) is 20.4 Å². The maximum Gasteiger partial charge on any atom is 0.315 e. The van der Waals surface area contributed by atoms with Crippen molar-refractivity contribution >= 4 is 37.3 Å². The summed E-state index contributed by atoms with van der Waals surface area (Å²) in [4.78, 5) is 16.9. The summed E-state index contributed by atoms with van der Waals surface area (Å²) in [5.74, 6) is -0.345. The highest BCUT2D eigenvalue weighted by atomic mass is 32.2. The van der Waals surface area contributed by atoms with Crippen molar-refractivity contribution < 1.29 is 17.6 Å². The number of carbonyl (C=O) groups is 1. The maximum atomic E-state index is 12.1. The zero-order valence-electron chi connectivity index (χ0n) is 12.8. The van der Waals surface area contributed by atoms with E-state index >= 15 is 0 Å². The van der Waals surface area contributed by atoms with Gasteiger partial charge in [-0.25, -0.2) is 8.42 Å². The average molecular weight is 362 g/mol. The first kappa shape index (κ1) is 16.4. The second-order valence-electron chi connectivity index (χ2n) is 5.08. The summed E-state index contributed by atoms with van der Waals surface area (Å²) in [7, 11) is -3.30. The van der Waals surface area contributed by atoms with Crippen molar-refractivity contribution in [2.24, 2.45) is 4.99 Å². The van der Waals surface area contributed by atoms with Crippen molar-refractivity contribution in [1.29, 1.82) is 0 Å². The molecule has 0 saturated heterocycles. The van der Waals surface area contributed by atoms with Crippen LogP contribution in [0.15, 0.2) is 63.6 Å². The van der Waals surface area contributed by atoms with E-state index < -0.39 is 15.7 Å². The van der Waals surface area contributed by atoms with Gasteiger partial charge in [0.25, 0.3) is 0 Å². The van der Waals surface area contributed by atoms with Crippen LogP contribution in [0.1, 0.15) is 10.6 Å². The zero-order chi connectivity index (χ0) is 17.3. The standard InChI is InChI=1S/C16H14N2O4S2/c1-3-8-18-12-7-6-11(24(2,20)21)10-14(12)23-16(18)17-15(19)13-5-4-9-22-13/h3-7,9-10H,1,8H2,2H3. The second-order valence-corrected chi connectivity index (χ2v) is 8.10. The van der Waals surface area contributed by atoms with Gasteiger partial charge < -0.3 is 8.98 Å². The Hall–Kier alpha value is -2.45. The number of amides is 1. The fourth-order valence-corrected chi connectivity index (χ4v) is 4.02. The van der Waals surface area contributed by atoms with Gasteiger partial charge in [-0.15, -0.1) is 6.58 Å². The number of carbonyl (C=O) groups excluding carboxylic acids is 1. The van der Waals surface area contributed by atoms with Crippen molar-refractivity contribution in [1.82, 2.24) is 4.57 Å². The molecule has 124 valence electrons. The summed E-state index contributed by atoms with van der Waals surface area (Å²) in [6.07, 6.45) is 4.25. The summed E-state index contributed by atoms with van der Waals surface area (Å²) in [6.45, 7) is 4.16. The van der Waals surface area contributed by atoms with Gasteiger partial charge >= 0.3 is 5.91 Å². The van der Waals surface area contributed by atoms with Crippen molar-refractivity contribution in [3.63, 3.8) is 0 Å². The van der Waals surface area contributed by atoms with Crippen LogP contribution in [0, 0.1) is 0 Å². The molecule has 3 aromatic rings. The molecule has 2 aromatic heterocycles. The van der Waals surface area contributed by atoms with Gasteiger partial charge in [0, 0.05) is 12.8 Å². The number of fused-ring (bicyclic) bond motifs is 1. The lowest BCUT2D eigenvalue weighted by atomic mass is 10.3. The topological polar surface area (TPSA) is 81.6 Å². The van der Waals surface area contributed by atoms with Gasteiger partial charge in [-0.3, -0.25) is 4.79 Å². The summed E-state index contributed by atoms with van der Waals surface area (Å²) in [6, 6.07) is 8.00. The van der Waals surface area contributed by atoms with Crippen molar-refractivity contribution in [2.75, 3.05) is 6.26 Å². The SMILES string of the molecule is C=CCn1c(=NC(=O)c2ccco2)sc2cc(S(C)(=O)=O)ccc21. The first-order valence-corrected chi connectivity index (χ1v) is 9.68. The number of rotatable bonds is 4. The Bertz CT molecular complexity index is 1090. The van der Waals surface area contributed by atoms with Crippen LogP contribution in [0.5, 0.6) is 0 Å². The lowest BCUT2D eigenvalue weighted by Crippen LogP contribution is -2.16. The van der Waals surface area contributed by atoms with Crippen LogP contribution in [0.2, 0.25) is 0 Å². The number of thiazole rings is 1. The minimum atomic E-state index is -3.30. The van der Waals surface area contributed by atoms with Crippen LogP contribution in [-0.2, 0) is 16.4 Å². The molecule has 0 fully saturated rings. The highest BCUT2D eigenvalue weighted by Gasteiger charge is 2.13. The predicted molar refractivity (Wildman–Crippen MR) is 91.7 cm³/mol. The fraction of sp³-hybridized carbons (Fsp3) is 0.125. The second kappa shape index (κ2) is 6.21. The molecule has 0 saturated carbocycles. The fourth-order valence-electron chi connectivity index (χ4n) is 2.22. The Labute approximate surface area is 142 Å². The lowest BCUT2D eigenvalue weighted by molar-refractivity contribution is 0.0971. The van der Waals surface area contributed by atoms with Crippen LogP contribution in [0.3, 0.4) is 0 Å². The van der Waals surface area contributed by atoms with Crippen molar-refractivity contribution in [2.45, 2.75) is 11.4 Å². The summed E-state index contributed by atoms with van der Waals surface area (Å²) in [5, 5.41) is 0. The third-order valence-electron chi connectivity index (χ3n) is 3.32. The van der Waals surface area contributed by atoms with Crippen LogP contribution in [0.4, 0.5) is 0 Å². The lowest BCUT2D eigenvalue weighted by Gasteiger charge is -2.02. The number of hydrogen-bond acceptors (Lipinski definition) is 5. The molecule has 0 aliphatic carbocycles. The molecule has 0 spiro atoms. The Kier molecular flexibility index (Phi) is 4.25. The van der Waals surface area contributed by atoms with E-state index in [0.717, 1.165) is 16.5 Å². The molecule has 8 heteroatoms. The minimum Gasteiger partial charge on any atom is -0.459 e. The number of furan rings is 1. The molecule has 3 rings (SSSR count). The molecular weight excluding hydrogens is 348 g/mol. The number of benzene rings is 1. The van der Waals surface area contributed by atoms with E-state index in [2.05, 4.69) is 11.6 Å². The molecule has 0 aliphatic rings. The van der Waals surface area contributed by atoms with Crippen molar-refractivity contribution in [3.05, 3.63) is 59.8 Å². The smallest absolute Gasteiger partial charge is 0.315 e. The normalized spacial score (nSPS) is 12.6. The predicted octanol–water partition coefficient (Wildman–Crippen LogP) is 2.63. The van der Waals surface area contributed by atoms with E-state index in [1.165, 1.54) is 17.6 Å². The van der Waals surface area contributed by atoms with Crippen LogP contribution >= 0.6 is 11.3 Å². The molecule has 2 heterocycles. The largest absolute Gasteiger partial charge is 0.459 e. The molecule has 24 heavy (non-hydrogen) atoms. The van der Waals surface area contributed by atoms with E-state index in [1.54, 1.807) is 41.0 Å². The highest BCUT2D eigenvalue weighted by molar-refractivity contribution is 7.90. The van der Waals surface area contributed by atoms with E-state index in [9.17, 15) is 13.2 Å². The number of sulfone groups is 1. The summed E-state index contributed by atoms with van der Waals surface area (Å²) < 4.78 is 31.0. The third-order valence-corrected chi connectivity index (χ3v) is 5.47. The number of nitrogens with zero attached hydrogens (tertiary/aromatic N) is 2. The molecule has 6 nitrogen and oxygen atoms in total. The first-order valence-electron chi connectivity index (χ1n) is 6.97. The van der Waals surface area contributed by atoms with Gasteiger partial charge in [-0.2, -0.15) is 4.99 Å². The molecule has 0 atom stereocenters. The average Bonchev–Trinajstić information content (AvgIpc) is 3.15. The Balaban J connectivity index is 2.21. The Morgan fingerprint density at radius 1 is 1.42 bits per heavy atom. The zero-order valence-corrected chi connectivity index (χ0v) is 14.4. The van der Waals surface area contributed by atoms with E-state index in [4.69, 9.17) is 4.42 Å². The van der Waals surface area contributed by atoms with Gasteiger partial charge in [0.2, 0.25) is 0 Å². The Morgan fingerprint density at radius 2 is 2.21 bits per heavy atom. The molecule has 1 aromatic carbocycles. The van der Waals surface area contributed by atoms with Crippen LogP contribution < -0.4 is 4.80 Å². The third kappa shape index (κ3) is 3.10. The number of hydrogen-bond donors (Lipinski definition) is 0. The summed E-state index contributed by atoms with van der Waals surface area (Å²) >= 11 is 1.24. The van der Waals surface area contributed by atoms with Gasteiger partial charge in [-0.05, 0) is 30.3 Å². The van der Waals surface area contributed by atoms with E-state index in [1.807, 2.05) is 0 Å². The number of allylic oxidation sites excluding steroid dienone is 1. The molecule has 1 amide bonds. The van der Waals surface area contributed by atoms with E-state index in [0.29, 0.717) is 11.3 Å². The molecule has 0 radical (unpaired) electrons.